The maximum atomic E-state index is 12.5. The molecule has 2 aromatic rings. The third kappa shape index (κ3) is 6.13. The largest absolute Gasteiger partial charge is 0.465 e. The van der Waals surface area contributed by atoms with Gasteiger partial charge in [0.15, 0.2) is 0 Å². The number of ether oxygens (including phenoxy) is 1. The molecule has 154 valence electrons. The van der Waals surface area contributed by atoms with Crippen LogP contribution in [0.1, 0.15) is 24.2 Å². The van der Waals surface area contributed by atoms with Crippen LogP contribution in [0.25, 0.3) is 0 Å². The highest BCUT2D eigenvalue weighted by atomic mass is 32.2. The summed E-state index contributed by atoms with van der Waals surface area (Å²) in [5.41, 5.74) is 1.17. The van der Waals surface area contributed by atoms with E-state index in [4.69, 9.17) is 0 Å². The van der Waals surface area contributed by atoms with Gasteiger partial charge in [-0.05, 0) is 55.5 Å². The van der Waals surface area contributed by atoms with Gasteiger partial charge in [-0.2, -0.15) is 4.72 Å². The van der Waals surface area contributed by atoms with Crippen LogP contribution >= 0.6 is 0 Å². The van der Waals surface area contributed by atoms with Gasteiger partial charge in [0.25, 0.3) is 0 Å². The van der Waals surface area contributed by atoms with E-state index in [1.165, 1.54) is 69.5 Å². The number of sulfonamides is 1. The Hall–Kier alpha value is -3.24. The summed E-state index contributed by atoms with van der Waals surface area (Å²) in [6.45, 7) is 2.75. The summed E-state index contributed by atoms with van der Waals surface area (Å²) < 4.78 is 31.8. The van der Waals surface area contributed by atoms with Gasteiger partial charge in [0.05, 0.1) is 23.6 Å². The highest BCUT2D eigenvalue weighted by Gasteiger charge is 2.22. The molecule has 0 radical (unpaired) electrons. The Labute approximate surface area is 168 Å². The number of rotatable bonds is 7. The van der Waals surface area contributed by atoms with Crippen molar-refractivity contribution < 1.29 is 27.5 Å². The molecule has 0 heterocycles. The topological polar surface area (TPSA) is 131 Å². The first-order valence-corrected chi connectivity index (χ1v) is 10.00. The number of amides is 2. The second kappa shape index (κ2) is 9.30. The quantitative estimate of drug-likeness (QED) is 0.586. The molecule has 0 aliphatic rings. The molecule has 1 atom stereocenters. The summed E-state index contributed by atoms with van der Waals surface area (Å²) in [7, 11) is -2.69. The van der Waals surface area contributed by atoms with Crippen LogP contribution in [-0.2, 0) is 24.3 Å². The van der Waals surface area contributed by atoms with Gasteiger partial charge in [0.1, 0.15) is 0 Å². The van der Waals surface area contributed by atoms with Gasteiger partial charge in [-0.1, -0.05) is 0 Å². The number of nitrogens with one attached hydrogen (secondary N) is 3. The Morgan fingerprint density at radius 3 is 1.93 bits per heavy atom. The number of benzene rings is 2. The van der Waals surface area contributed by atoms with E-state index >= 15 is 0 Å². The molecule has 0 aromatic heterocycles. The molecule has 0 spiro atoms. The Kier molecular flexibility index (Phi) is 7.08. The summed E-state index contributed by atoms with van der Waals surface area (Å²) in [6.07, 6.45) is 0. The summed E-state index contributed by atoms with van der Waals surface area (Å²) in [5, 5.41) is 5.10. The van der Waals surface area contributed by atoms with Gasteiger partial charge < -0.3 is 15.4 Å². The highest BCUT2D eigenvalue weighted by Crippen LogP contribution is 2.15. The van der Waals surface area contributed by atoms with Crippen LogP contribution in [0.5, 0.6) is 0 Å². The molecule has 0 aliphatic heterocycles. The van der Waals surface area contributed by atoms with Gasteiger partial charge in [-0.15, -0.1) is 0 Å². The molecule has 0 bridgehead atoms. The molecular formula is C19H21N3O6S. The second-order valence-corrected chi connectivity index (χ2v) is 7.82. The SMILES string of the molecule is COC(=O)c1ccc(NC(=O)C(C)NS(=O)(=O)c2ccc(NC(C)=O)cc2)cc1. The molecular weight excluding hydrogens is 398 g/mol. The van der Waals surface area contributed by atoms with E-state index in [2.05, 4.69) is 20.1 Å². The molecule has 0 fully saturated rings. The van der Waals surface area contributed by atoms with Crippen molar-refractivity contribution >= 4 is 39.2 Å². The van der Waals surface area contributed by atoms with Gasteiger partial charge >= 0.3 is 5.97 Å². The summed E-state index contributed by atoms with van der Waals surface area (Å²) >= 11 is 0. The summed E-state index contributed by atoms with van der Waals surface area (Å²) in [6, 6.07) is 10.5. The Balaban J connectivity index is 2.02. The third-order valence-corrected chi connectivity index (χ3v) is 5.34. The first-order valence-electron chi connectivity index (χ1n) is 8.51. The fraction of sp³-hybridized carbons (Fsp3) is 0.211. The van der Waals surface area contributed by atoms with Crippen molar-refractivity contribution in [1.82, 2.24) is 4.72 Å². The van der Waals surface area contributed by atoms with Crippen molar-refractivity contribution in [1.29, 1.82) is 0 Å². The van der Waals surface area contributed by atoms with E-state index in [-0.39, 0.29) is 10.8 Å². The molecule has 3 N–H and O–H groups in total. The van der Waals surface area contributed by atoms with Crippen molar-refractivity contribution in [2.24, 2.45) is 0 Å². The average molecular weight is 419 g/mol. The van der Waals surface area contributed by atoms with E-state index < -0.39 is 27.9 Å². The van der Waals surface area contributed by atoms with Crippen LogP contribution in [-0.4, -0.2) is 39.4 Å². The molecule has 29 heavy (non-hydrogen) atoms. The molecule has 10 heteroatoms. The van der Waals surface area contributed by atoms with Crippen molar-refractivity contribution in [3.8, 4) is 0 Å². The Morgan fingerprint density at radius 1 is 0.897 bits per heavy atom. The predicted octanol–water partition coefficient (Wildman–Crippen LogP) is 1.74. The van der Waals surface area contributed by atoms with Crippen LogP contribution in [0.15, 0.2) is 53.4 Å². The van der Waals surface area contributed by atoms with Crippen LogP contribution in [0.2, 0.25) is 0 Å². The number of carbonyl (C=O) groups is 3. The number of anilines is 2. The van der Waals surface area contributed by atoms with E-state index in [1.54, 1.807) is 0 Å². The van der Waals surface area contributed by atoms with Crippen LogP contribution in [0.4, 0.5) is 11.4 Å². The second-order valence-electron chi connectivity index (χ2n) is 6.11. The normalized spacial score (nSPS) is 12.0. The lowest BCUT2D eigenvalue weighted by atomic mass is 10.2. The zero-order valence-corrected chi connectivity index (χ0v) is 16.9. The molecule has 2 rings (SSSR count). The lowest BCUT2D eigenvalue weighted by Gasteiger charge is -2.15. The minimum atomic E-state index is -3.95. The van der Waals surface area contributed by atoms with Crippen molar-refractivity contribution in [2.75, 3.05) is 17.7 Å². The maximum absolute atomic E-state index is 12.5. The number of hydrogen-bond acceptors (Lipinski definition) is 6. The van der Waals surface area contributed by atoms with E-state index in [0.717, 1.165) is 0 Å². The van der Waals surface area contributed by atoms with Crippen LogP contribution in [0, 0.1) is 0 Å². The summed E-state index contributed by atoms with van der Waals surface area (Å²) in [5.74, 6) is -1.36. The standard InChI is InChI=1S/C19H21N3O6S/c1-12(18(24)21-16-6-4-14(5-7-16)19(25)28-3)22-29(26,27)17-10-8-15(9-11-17)20-13(2)23/h4-12,22H,1-3H3,(H,20,23)(H,21,24). The van der Waals surface area contributed by atoms with E-state index in [1.807, 2.05) is 0 Å². The zero-order chi connectivity index (χ0) is 21.6. The van der Waals surface area contributed by atoms with Crippen molar-refractivity contribution in [3.05, 3.63) is 54.1 Å². The van der Waals surface area contributed by atoms with Gasteiger partial charge in [0, 0.05) is 18.3 Å². The van der Waals surface area contributed by atoms with Crippen molar-refractivity contribution in [2.45, 2.75) is 24.8 Å². The number of esters is 1. The summed E-state index contributed by atoms with van der Waals surface area (Å²) in [4.78, 5) is 34.7. The minimum Gasteiger partial charge on any atom is -0.465 e. The van der Waals surface area contributed by atoms with Crippen LogP contribution in [0.3, 0.4) is 0 Å². The fourth-order valence-corrected chi connectivity index (χ4v) is 3.54. The van der Waals surface area contributed by atoms with E-state index in [0.29, 0.717) is 16.9 Å². The van der Waals surface area contributed by atoms with Crippen LogP contribution < -0.4 is 15.4 Å². The smallest absolute Gasteiger partial charge is 0.337 e. The van der Waals surface area contributed by atoms with Gasteiger partial charge in [0.2, 0.25) is 21.8 Å². The maximum Gasteiger partial charge on any atom is 0.337 e. The molecule has 2 amide bonds. The Morgan fingerprint density at radius 2 is 1.41 bits per heavy atom. The van der Waals surface area contributed by atoms with Crippen molar-refractivity contribution in [3.63, 3.8) is 0 Å². The minimum absolute atomic E-state index is 0.0475. The molecule has 0 aliphatic carbocycles. The van der Waals surface area contributed by atoms with E-state index in [9.17, 15) is 22.8 Å². The third-order valence-electron chi connectivity index (χ3n) is 3.78. The molecule has 0 saturated carbocycles. The predicted molar refractivity (Wildman–Crippen MR) is 107 cm³/mol. The zero-order valence-electron chi connectivity index (χ0n) is 16.1. The lowest BCUT2D eigenvalue weighted by molar-refractivity contribution is -0.117. The Bertz CT molecular complexity index is 1000. The molecule has 0 saturated heterocycles. The first-order chi connectivity index (χ1) is 13.6. The average Bonchev–Trinajstić information content (AvgIpc) is 2.67. The molecule has 2 aromatic carbocycles. The monoisotopic (exact) mass is 419 g/mol. The fourth-order valence-electron chi connectivity index (χ4n) is 2.33. The first kappa shape index (κ1) is 22.1. The lowest BCUT2D eigenvalue weighted by Crippen LogP contribution is -2.41. The number of methoxy groups -OCH3 is 1. The number of carbonyl (C=O) groups excluding carboxylic acids is 3. The number of hydrogen-bond donors (Lipinski definition) is 3. The van der Waals surface area contributed by atoms with Gasteiger partial charge in [-0.3, -0.25) is 9.59 Å². The molecule has 9 nitrogen and oxygen atoms in total. The van der Waals surface area contributed by atoms with Gasteiger partial charge in [-0.25, -0.2) is 13.2 Å². The molecule has 1 unspecified atom stereocenters. The highest BCUT2D eigenvalue weighted by molar-refractivity contribution is 7.89.